The van der Waals surface area contributed by atoms with Crippen LogP contribution in [-0.2, 0) is 9.47 Å². The van der Waals surface area contributed by atoms with E-state index in [1.165, 1.54) is 6.07 Å². The summed E-state index contributed by atoms with van der Waals surface area (Å²) in [6.45, 7) is 1.85. The minimum Gasteiger partial charge on any atom is -0.488 e. The molecule has 0 amide bonds. The predicted molar refractivity (Wildman–Crippen MR) is 54.6 cm³/mol. The summed E-state index contributed by atoms with van der Waals surface area (Å²) in [6, 6.07) is 6.30. The van der Waals surface area contributed by atoms with E-state index in [-0.39, 0.29) is 11.6 Å². The minimum absolute atomic E-state index is 0.257. The maximum Gasteiger partial charge on any atom is 0.165 e. The van der Waals surface area contributed by atoms with Gasteiger partial charge in [-0.2, -0.15) is 0 Å². The largest absolute Gasteiger partial charge is 0.488 e. The standard InChI is InChI=1S/C11H15FO3/c1-13-6-7-14-8-9-15-11-5-3-2-4-10(11)12/h2-5H,6-9H2,1H3. The Morgan fingerprint density at radius 2 is 1.80 bits per heavy atom. The summed E-state index contributed by atoms with van der Waals surface area (Å²) in [5.41, 5.74) is 0. The normalized spacial score (nSPS) is 10.3. The van der Waals surface area contributed by atoms with Crippen molar-refractivity contribution in [3.8, 4) is 5.75 Å². The van der Waals surface area contributed by atoms with E-state index in [4.69, 9.17) is 14.2 Å². The molecule has 4 heteroatoms. The quantitative estimate of drug-likeness (QED) is 0.648. The highest BCUT2D eigenvalue weighted by molar-refractivity contribution is 5.23. The van der Waals surface area contributed by atoms with Crippen molar-refractivity contribution in [2.24, 2.45) is 0 Å². The first-order valence-corrected chi connectivity index (χ1v) is 4.78. The first kappa shape index (κ1) is 11.9. The van der Waals surface area contributed by atoms with Gasteiger partial charge in [0, 0.05) is 7.11 Å². The van der Waals surface area contributed by atoms with Gasteiger partial charge in [-0.05, 0) is 12.1 Å². The number of hydrogen-bond acceptors (Lipinski definition) is 3. The number of halogens is 1. The molecule has 0 spiro atoms. The van der Waals surface area contributed by atoms with Crippen molar-refractivity contribution in [3.05, 3.63) is 30.1 Å². The molecule has 0 atom stereocenters. The molecule has 0 radical (unpaired) electrons. The molecule has 1 aromatic rings. The molecule has 84 valence electrons. The van der Waals surface area contributed by atoms with Gasteiger partial charge in [0.2, 0.25) is 0 Å². The van der Waals surface area contributed by atoms with Gasteiger partial charge in [0.15, 0.2) is 11.6 Å². The summed E-state index contributed by atoms with van der Waals surface area (Å²) in [7, 11) is 1.61. The fraction of sp³-hybridized carbons (Fsp3) is 0.455. The van der Waals surface area contributed by atoms with Gasteiger partial charge in [-0.25, -0.2) is 4.39 Å². The van der Waals surface area contributed by atoms with Crippen LogP contribution in [0.5, 0.6) is 5.75 Å². The first-order valence-electron chi connectivity index (χ1n) is 4.78. The highest BCUT2D eigenvalue weighted by atomic mass is 19.1. The molecule has 0 saturated heterocycles. The van der Waals surface area contributed by atoms with Gasteiger partial charge < -0.3 is 14.2 Å². The van der Waals surface area contributed by atoms with Gasteiger partial charge in [-0.1, -0.05) is 12.1 Å². The minimum atomic E-state index is -0.352. The molecule has 1 aromatic carbocycles. The SMILES string of the molecule is COCCOCCOc1ccccc1F. The predicted octanol–water partition coefficient (Wildman–Crippen LogP) is 1.87. The second-order valence-corrected chi connectivity index (χ2v) is 2.88. The molecule has 0 aromatic heterocycles. The fourth-order valence-corrected chi connectivity index (χ4v) is 1.02. The van der Waals surface area contributed by atoms with Crippen molar-refractivity contribution in [1.82, 2.24) is 0 Å². The third-order valence-corrected chi connectivity index (χ3v) is 1.75. The van der Waals surface area contributed by atoms with Gasteiger partial charge in [0.1, 0.15) is 6.61 Å². The highest BCUT2D eigenvalue weighted by Gasteiger charge is 2.00. The molecule has 0 aliphatic carbocycles. The van der Waals surface area contributed by atoms with Crippen LogP contribution in [0.4, 0.5) is 4.39 Å². The van der Waals surface area contributed by atoms with Crippen LogP contribution in [0.1, 0.15) is 0 Å². The lowest BCUT2D eigenvalue weighted by atomic mass is 10.3. The van der Waals surface area contributed by atoms with Crippen molar-refractivity contribution >= 4 is 0 Å². The summed E-state index contributed by atoms with van der Waals surface area (Å²) >= 11 is 0. The van der Waals surface area contributed by atoms with Crippen LogP contribution >= 0.6 is 0 Å². The van der Waals surface area contributed by atoms with Gasteiger partial charge in [-0.15, -0.1) is 0 Å². The van der Waals surface area contributed by atoms with E-state index in [0.717, 1.165) is 0 Å². The first-order chi connectivity index (χ1) is 7.34. The molecule has 0 saturated carbocycles. The molecule has 1 rings (SSSR count). The molecular weight excluding hydrogens is 199 g/mol. The number of ether oxygens (including phenoxy) is 3. The molecule has 0 fully saturated rings. The van der Waals surface area contributed by atoms with Gasteiger partial charge >= 0.3 is 0 Å². The van der Waals surface area contributed by atoms with E-state index in [1.807, 2.05) is 0 Å². The lowest BCUT2D eigenvalue weighted by Crippen LogP contribution is -2.10. The van der Waals surface area contributed by atoms with Crippen LogP contribution in [-0.4, -0.2) is 33.5 Å². The maximum atomic E-state index is 13.0. The number of methoxy groups -OCH3 is 1. The second-order valence-electron chi connectivity index (χ2n) is 2.88. The zero-order valence-electron chi connectivity index (χ0n) is 8.74. The van der Waals surface area contributed by atoms with E-state index >= 15 is 0 Å². The van der Waals surface area contributed by atoms with Gasteiger partial charge in [-0.3, -0.25) is 0 Å². The molecule has 3 nitrogen and oxygen atoms in total. The molecule has 0 heterocycles. The average molecular weight is 214 g/mol. The number of rotatable bonds is 7. The topological polar surface area (TPSA) is 27.7 Å². The third kappa shape index (κ3) is 4.76. The molecular formula is C11H15FO3. The van der Waals surface area contributed by atoms with Crippen molar-refractivity contribution in [3.63, 3.8) is 0 Å². The van der Waals surface area contributed by atoms with Crippen LogP contribution in [0.25, 0.3) is 0 Å². The zero-order valence-corrected chi connectivity index (χ0v) is 8.74. The average Bonchev–Trinajstić information content (AvgIpc) is 2.25. The number of para-hydroxylation sites is 1. The molecule has 15 heavy (non-hydrogen) atoms. The van der Waals surface area contributed by atoms with Crippen molar-refractivity contribution in [1.29, 1.82) is 0 Å². The third-order valence-electron chi connectivity index (χ3n) is 1.75. The summed E-state index contributed by atoms with van der Waals surface area (Å²) in [6.07, 6.45) is 0. The zero-order chi connectivity index (χ0) is 10.9. The van der Waals surface area contributed by atoms with Crippen molar-refractivity contribution in [2.45, 2.75) is 0 Å². The Morgan fingerprint density at radius 3 is 2.53 bits per heavy atom. The Kier molecular flexibility index (Phi) is 5.73. The Hall–Kier alpha value is -1.13. The second kappa shape index (κ2) is 7.20. The number of hydrogen-bond donors (Lipinski definition) is 0. The fourth-order valence-electron chi connectivity index (χ4n) is 1.02. The monoisotopic (exact) mass is 214 g/mol. The van der Waals surface area contributed by atoms with Crippen LogP contribution < -0.4 is 4.74 Å². The molecule has 0 unspecified atom stereocenters. The van der Waals surface area contributed by atoms with E-state index in [9.17, 15) is 4.39 Å². The Morgan fingerprint density at radius 1 is 1.07 bits per heavy atom. The van der Waals surface area contributed by atoms with Crippen LogP contribution in [0.15, 0.2) is 24.3 Å². The highest BCUT2D eigenvalue weighted by Crippen LogP contribution is 2.14. The lowest BCUT2D eigenvalue weighted by Gasteiger charge is -2.07. The number of benzene rings is 1. The molecule has 0 N–H and O–H groups in total. The summed E-state index contributed by atoms with van der Waals surface area (Å²) in [5.74, 6) is -0.0952. The Labute approximate surface area is 88.8 Å². The maximum absolute atomic E-state index is 13.0. The van der Waals surface area contributed by atoms with Crippen molar-refractivity contribution < 1.29 is 18.6 Å². The Balaban J connectivity index is 2.12. The van der Waals surface area contributed by atoms with Gasteiger partial charge in [0.05, 0.1) is 19.8 Å². The molecule has 0 aliphatic heterocycles. The van der Waals surface area contributed by atoms with Crippen molar-refractivity contribution in [2.75, 3.05) is 33.5 Å². The Bertz CT molecular complexity index is 278. The van der Waals surface area contributed by atoms with Crippen LogP contribution in [0.3, 0.4) is 0 Å². The van der Waals surface area contributed by atoms with E-state index < -0.39 is 0 Å². The summed E-state index contributed by atoms with van der Waals surface area (Å²) in [4.78, 5) is 0. The summed E-state index contributed by atoms with van der Waals surface area (Å²) < 4.78 is 28.2. The summed E-state index contributed by atoms with van der Waals surface area (Å²) in [5, 5.41) is 0. The van der Waals surface area contributed by atoms with Gasteiger partial charge in [0.25, 0.3) is 0 Å². The smallest absolute Gasteiger partial charge is 0.165 e. The lowest BCUT2D eigenvalue weighted by molar-refractivity contribution is 0.0538. The van der Waals surface area contributed by atoms with Crippen LogP contribution in [0.2, 0.25) is 0 Å². The molecule has 0 bridgehead atoms. The van der Waals surface area contributed by atoms with E-state index in [2.05, 4.69) is 0 Å². The van der Waals surface area contributed by atoms with E-state index in [1.54, 1.807) is 25.3 Å². The van der Waals surface area contributed by atoms with E-state index in [0.29, 0.717) is 26.4 Å². The molecule has 0 aliphatic rings. The van der Waals surface area contributed by atoms with Crippen LogP contribution in [0, 0.1) is 5.82 Å².